The van der Waals surface area contributed by atoms with Crippen LogP contribution in [0.5, 0.6) is 0 Å². The first-order valence-electron chi connectivity index (χ1n) is 24.8. The van der Waals surface area contributed by atoms with E-state index in [1.165, 1.54) is 6.42 Å². The van der Waals surface area contributed by atoms with E-state index in [0.29, 0.717) is 64.8 Å². The summed E-state index contributed by atoms with van der Waals surface area (Å²) in [5.74, 6) is 4.05. The van der Waals surface area contributed by atoms with E-state index < -0.39 is 11.9 Å². The Labute approximate surface area is 361 Å². The maximum Gasteiger partial charge on any atom is 0.303 e. The van der Waals surface area contributed by atoms with Crippen molar-refractivity contribution in [2.45, 2.75) is 190 Å². The number of aliphatic hydroxyl groups excluding tert-OH is 2. The first-order chi connectivity index (χ1) is 28.3. The van der Waals surface area contributed by atoms with Crippen molar-refractivity contribution in [2.75, 3.05) is 0 Å². The van der Waals surface area contributed by atoms with Crippen molar-refractivity contribution in [3.05, 3.63) is 11.6 Å². The average molecular weight is 835 g/mol. The third-order valence-corrected chi connectivity index (χ3v) is 21.0. The van der Waals surface area contributed by atoms with Crippen LogP contribution in [-0.4, -0.2) is 56.1 Å². The molecule has 8 aliphatic carbocycles. The lowest BCUT2D eigenvalue weighted by Gasteiger charge is -2.62. The summed E-state index contributed by atoms with van der Waals surface area (Å²) in [4.78, 5) is 50.0. The minimum Gasteiger partial charge on any atom is -0.481 e. The summed E-state index contributed by atoms with van der Waals surface area (Å²) >= 11 is 0. The lowest BCUT2D eigenvalue weighted by Crippen LogP contribution is -2.60. The molecule has 0 aromatic heterocycles. The molecule has 0 aromatic rings. The van der Waals surface area contributed by atoms with Gasteiger partial charge < -0.3 is 20.4 Å². The summed E-state index contributed by atoms with van der Waals surface area (Å²) in [5.41, 5.74) is 1.61. The van der Waals surface area contributed by atoms with Crippen LogP contribution in [0.4, 0.5) is 0 Å². The molecule has 0 spiro atoms. The van der Waals surface area contributed by atoms with Crippen LogP contribution in [0.1, 0.15) is 177 Å². The molecule has 0 bridgehead atoms. The minimum atomic E-state index is -0.705. The predicted octanol–water partition coefficient (Wildman–Crippen LogP) is 10.6. The molecule has 8 rings (SSSR count). The van der Waals surface area contributed by atoms with Crippen molar-refractivity contribution < 1.29 is 39.6 Å². The predicted molar refractivity (Wildman–Crippen MR) is 234 cm³/mol. The van der Waals surface area contributed by atoms with Crippen molar-refractivity contribution in [1.29, 1.82) is 0 Å². The van der Waals surface area contributed by atoms with E-state index >= 15 is 0 Å². The Bertz CT molecular complexity index is 1670. The number of rotatable bonds is 9. The Morgan fingerprint density at radius 1 is 0.633 bits per heavy atom. The maximum absolute atomic E-state index is 13.9. The zero-order chi connectivity index (χ0) is 43.7. The molecule has 19 atom stereocenters. The zero-order valence-electron chi connectivity index (χ0n) is 38.6. The molecular formula is C52H82O8. The largest absolute Gasteiger partial charge is 0.481 e. The van der Waals surface area contributed by atoms with E-state index in [9.17, 15) is 29.4 Å². The molecule has 0 aromatic carbocycles. The molecule has 0 radical (unpaired) electrons. The topological polar surface area (TPSA) is 149 Å². The molecular weight excluding hydrogens is 753 g/mol. The molecule has 0 amide bonds. The summed E-state index contributed by atoms with van der Waals surface area (Å²) in [5, 5.41) is 39.0. The highest BCUT2D eigenvalue weighted by Gasteiger charge is 2.66. The van der Waals surface area contributed by atoms with Crippen molar-refractivity contribution in [3.63, 3.8) is 0 Å². The van der Waals surface area contributed by atoms with Crippen LogP contribution >= 0.6 is 0 Å². The quantitative estimate of drug-likeness (QED) is 0.168. The fourth-order valence-electron chi connectivity index (χ4n) is 17.9. The Morgan fingerprint density at radius 2 is 1.08 bits per heavy atom. The fourth-order valence-corrected chi connectivity index (χ4v) is 17.9. The van der Waals surface area contributed by atoms with Gasteiger partial charge in [0.05, 0.1) is 12.2 Å². The average Bonchev–Trinajstić information content (AvgIpc) is 3.74. The number of hydrogen-bond acceptors (Lipinski definition) is 6. The number of aliphatic hydroxyl groups is 2. The Hall–Kier alpha value is -2.06. The summed E-state index contributed by atoms with van der Waals surface area (Å²) in [6.07, 6.45) is 18.9. The van der Waals surface area contributed by atoms with E-state index in [2.05, 4.69) is 48.5 Å². The van der Waals surface area contributed by atoms with Crippen molar-refractivity contribution >= 4 is 23.5 Å². The van der Waals surface area contributed by atoms with Crippen LogP contribution in [-0.2, 0) is 19.2 Å². The van der Waals surface area contributed by atoms with Gasteiger partial charge >= 0.3 is 11.9 Å². The van der Waals surface area contributed by atoms with Gasteiger partial charge in [0.1, 0.15) is 5.78 Å². The molecule has 2 unspecified atom stereocenters. The van der Waals surface area contributed by atoms with Crippen LogP contribution in [0, 0.1) is 98.6 Å². The van der Waals surface area contributed by atoms with Gasteiger partial charge in [-0.2, -0.15) is 0 Å². The standard InChI is InChI=1S/C26H42O4.C26H40O4/c2*1-5-17-21-14-16(27)10-12-26(21,4)20-11-13-25(3)18(15(2)6-9-22(28)29)7-8-19(25)23(20)24(17)30/h15-21,23,27H,5-14H2,1-4H3,(H,28,29);5,15-16,18-21,23,27H,6-14H2,1-4H3,(H,28,29)/b;17-5+/t15?,16-,17-,18-,19+,20+,21+,23+,25-,26-;15?,16-,18-,19+,20+,21+,23+,25-,26-/m11/s1. The second-order valence-corrected chi connectivity index (χ2v) is 23.3. The molecule has 60 heavy (non-hydrogen) atoms. The normalized spacial score (nSPS) is 48.6. The molecule has 0 heterocycles. The first-order valence-corrected chi connectivity index (χ1v) is 24.8. The second-order valence-electron chi connectivity index (χ2n) is 23.3. The molecule has 8 aliphatic rings. The van der Waals surface area contributed by atoms with Gasteiger partial charge in [-0.25, -0.2) is 0 Å². The maximum atomic E-state index is 13.9. The molecule has 338 valence electrons. The molecule has 0 aliphatic heterocycles. The molecule has 4 N–H and O–H groups in total. The number of carbonyl (C=O) groups excluding carboxylic acids is 2. The molecule has 8 saturated carbocycles. The lowest BCUT2D eigenvalue weighted by molar-refractivity contribution is -0.173. The summed E-state index contributed by atoms with van der Waals surface area (Å²) < 4.78 is 0. The monoisotopic (exact) mass is 835 g/mol. The summed E-state index contributed by atoms with van der Waals surface area (Å²) in [6.45, 7) is 18.3. The molecule has 8 fully saturated rings. The van der Waals surface area contributed by atoms with Gasteiger partial charge in [0.25, 0.3) is 0 Å². The van der Waals surface area contributed by atoms with E-state index in [4.69, 9.17) is 10.2 Å². The van der Waals surface area contributed by atoms with Crippen LogP contribution in [0.15, 0.2) is 11.6 Å². The van der Waals surface area contributed by atoms with Crippen LogP contribution in [0.25, 0.3) is 0 Å². The number of allylic oxidation sites excluding steroid dienone is 2. The van der Waals surface area contributed by atoms with Crippen LogP contribution in [0.3, 0.4) is 0 Å². The fraction of sp³-hybridized carbons (Fsp3) is 0.885. The van der Waals surface area contributed by atoms with E-state index in [1.54, 1.807) is 0 Å². The molecule has 0 saturated heterocycles. The highest BCUT2D eigenvalue weighted by atomic mass is 16.4. The third-order valence-electron chi connectivity index (χ3n) is 21.0. The van der Waals surface area contributed by atoms with Gasteiger partial charge in [0, 0.05) is 30.6 Å². The number of carboxylic acid groups (broad SMARTS) is 2. The number of Topliss-reactive ketones (excluding diaryl/α,β-unsaturated/α-hetero) is 2. The highest BCUT2D eigenvalue weighted by Crippen LogP contribution is 2.70. The van der Waals surface area contributed by atoms with Crippen LogP contribution < -0.4 is 0 Å². The van der Waals surface area contributed by atoms with Gasteiger partial charge in [0.15, 0.2) is 5.78 Å². The Morgan fingerprint density at radius 3 is 1.58 bits per heavy atom. The number of hydrogen-bond donors (Lipinski definition) is 4. The lowest BCUT2D eigenvalue weighted by atomic mass is 9.42. The third kappa shape index (κ3) is 7.51. The van der Waals surface area contributed by atoms with Gasteiger partial charge in [-0.05, 0) is 202 Å². The molecule has 8 nitrogen and oxygen atoms in total. The second kappa shape index (κ2) is 17.1. The van der Waals surface area contributed by atoms with Crippen LogP contribution in [0.2, 0.25) is 0 Å². The van der Waals surface area contributed by atoms with Gasteiger partial charge in [-0.1, -0.05) is 54.5 Å². The Balaban J connectivity index is 0.000000181. The minimum absolute atomic E-state index is 0.108. The summed E-state index contributed by atoms with van der Waals surface area (Å²) in [6, 6.07) is 0. The SMILES string of the molecule is C/C=C1/C(=O)[C@@H]2[C@H](CC[C@]3(C)[C@@H](C(C)CCC(=O)O)CC[C@@H]23)[C@@]2(C)CC[C@@H](O)C[C@@H]12.CC[C@H]1C(=O)[C@@H]2[C@H](CC[C@]3(C)[C@@H](C(C)CCC(=O)O)CC[C@@H]23)[C@@]2(C)CC[C@@H](O)C[C@@H]12. The van der Waals surface area contributed by atoms with E-state index in [0.717, 1.165) is 108 Å². The number of carboxylic acids is 2. The Kier molecular flexibility index (Phi) is 13.1. The summed E-state index contributed by atoms with van der Waals surface area (Å²) in [7, 11) is 0. The zero-order valence-corrected chi connectivity index (χ0v) is 38.6. The van der Waals surface area contributed by atoms with E-state index in [-0.39, 0.29) is 70.4 Å². The number of carbonyl (C=O) groups is 4. The van der Waals surface area contributed by atoms with Gasteiger partial charge in [-0.3, -0.25) is 19.2 Å². The first kappa shape index (κ1) is 45.9. The van der Waals surface area contributed by atoms with E-state index in [1.807, 2.05) is 13.0 Å². The van der Waals surface area contributed by atoms with Crippen molar-refractivity contribution in [2.24, 2.45) is 98.6 Å². The smallest absolute Gasteiger partial charge is 0.303 e. The highest BCUT2D eigenvalue weighted by molar-refractivity contribution is 5.99. The number of ketones is 2. The number of aliphatic carboxylic acids is 2. The van der Waals surface area contributed by atoms with Gasteiger partial charge in [-0.15, -0.1) is 0 Å². The van der Waals surface area contributed by atoms with Gasteiger partial charge in [0.2, 0.25) is 0 Å². The van der Waals surface area contributed by atoms with Crippen molar-refractivity contribution in [1.82, 2.24) is 0 Å². The number of fused-ring (bicyclic) bond motifs is 10. The van der Waals surface area contributed by atoms with Crippen molar-refractivity contribution in [3.8, 4) is 0 Å². The molecule has 8 heteroatoms.